The zero-order valence-corrected chi connectivity index (χ0v) is 10.1. The lowest BCUT2D eigenvalue weighted by molar-refractivity contribution is 0.101. The van der Waals surface area contributed by atoms with Crippen LogP contribution in [0.15, 0.2) is 24.3 Å². The van der Waals surface area contributed by atoms with Crippen molar-refractivity contribution in [2.45, 2.75) is 20.0 Å². The van der Waals surface area contributed by atoms with Crippen molar-refractivity contribution < 1.29 is 9.53 Å². The molecule has 0 amide bonds. The molecular formula is C12H16O2S. The Bertz CT molecular complexity index is 334. The maximum absolute atomic E-state index is 11.7. The van der Waals surface area contributed by atoms with Crippen LogP contribution in [0.25, 0.3) is 0 Å². The average molecular weight is 224 g/mol. The number of ether oxygens (including phenoxy) is 1. The van der Waals surface area contributed by atoms with Gasteiger partial charge in [-0.25, -0.2) is 0 Å². The second kappa shape index (κ2) is 5.81. The number of para-hydroxylation sites is 1. The van der Waals surface area contributed by atoms with Crippen molar-refractivity contribution in [1.82, 2.24) is 0 Å². The Hall–Kier alpha value is -0.960. The van der Waals surface area contributed by atoms with Crippen LogP contribution in [-0.4, -0.2) is 23.9 Å². The molecule has 3 heteroatoms. The number of Topliss-reactive ketones (excluding diaryl/α,β-unsaturated/α-hetero) is 1. The number of thioether (sulfide) groups is 1. The lowest BCUT2D eigenvalue weighted by Crippen LogP contribution is -2.11. The van der Waals surface area contributed by atoms with E-state index in [1.807, 2.05) is 44.4 Å². The highest BCUT2D eigenvalue weighted by Gasteiger charge is 2.11. The average Bonchev–Trinajstić information content (AvgIpc) is 2.18. The van der Waals surface area contributed by atoms with E-state index in [1.165, 1.54) is 11.8 Å². The minimum absolute atomic E-state index is 0.0910. The van der Waals surface area contributed by atoms with Crippen LogP contribution in [0.1, 0.15) is 24.2 Å². The standard InChI is InChI=1S/C12H16O2S/c1-9(2)14-12-7-5-4-6-10(12)11(13)8-15-3/h4-7,9H,8H2,1-3H3. The fraction of sp³-hybridized carbons (Fsp3) is 0.417. The highest BCUT2D eigenvalue weighted by molar-refractivity contribution is 7.99. The van der Waals surface area contributed by atoms with Gasteiger partial charge in [0.2, 0.25) is 0 Å². The SMILES string of the molecule is CSCC(=O)c1ccccc1OC(C)C. The van der Waals surface area contributed by atoms with Crippen molar-refractivity contribution in [3.63, 3.8) is 0 Å². The molecule has 2 nitrogen and oxygen atoms in total. The highest BCUT2D eigenvalue weighted by atomic mass is 32.2. The molecule has 1 aromatic carbocycles. The molecule has 0 spiro atoms. The zero-order chi connectivity index (χ0) is 11.3. The molecule has 0 aliphatic carbocycles. The Morgan fingerprint density at radius 1 is 1.40 bits per heavy atom. The van der Waals surface area contributed by atoms with Crippen LogP contribution in [0.4, 0.5) is 0 Å². The third kappa shape index (κ3) is 3.59. The number of hydrogen-bond donors (Lipinski definition) is 0. The van der Waals surface area contributed by atoms with Crippen LogP contribution in [-0.2, 0) is 0 Å². The summed E-state index contributed by atoms with van der Waals surface area (Å²) in [6, 6.07) is 7.40. The van der Waals surface area contributed by atoms with E-state index in [0.717, 1.165) is 0 Å². The van der Waals surface area contributed by atoms with E-state index in [4.69, 9.17) is 4.74 Å². The summed E-state index contributed by atoms with van der Waals surface area (Å²) in [5.41, 5.74) is 0.681. The van der Waals surface area contributed by atoms with Gasteiger partial charge in [0, 0.05) is 0 Å². The summed E-state index contributed by atoms with van der Waals surface area (Å²) in [5, 5.41) is 0. The second-order valence-electron chi connectivity index (χ2n) is 3.52. The molecule has 0 unspecified atom stereocenters. The predicted molar refractivity (Wildman–Crippen MR) is 64.9 cm³/mol. The van der Waals surface area contributed by atoms with Gasteiger partial charge in [-0.15, -0.1) is 0 Å². The first-order valence-electron chi connectivity index (χ1n) is 4.93. The van der Waals surface area contributed by atoms with Crippen LogP contribution >= 0.6 is 11.8 Å². The molecule has 1 aromatic rings. The van der Waals surface area contributed by atoms with Crippen molar-refractivity contribution in [3.8, 4) is 5.75 Å². The molecule has 0 aliphatic rings. The molecule has 0 atom stereocenters. The molecule has 1 rings (SSSR count). The topological polar surface area (TPSA) is 26.3 Å². The molecule has 0 aliphatic heterocycles. The van der Waals surface area contributed by atoms with E-state index < -0.39 is 0 Å². The highest BCUT2D eigenvalue weighted by Crippen LogP contribution is 2.20. The van der Waals surface area contributed by atoms with Crippen LogP contribution in [0.2, 0.25) is 0 Å². The summed E-state index contributed by atoms with van der Waals surface area (Å²) in [5.74, 6) is 1.31. The van der Waals surface area contributed by atoms with Crippen molar-refractivity contribution >= 4 is 17.5 Å². The van der Waals surface area contributed by atoms with Gasteiger partial charge in [-0.1, -0.05) is 12.1 Å². The molecular weight excluding hydrogens is 208 g/mol. The van der Waals surface area contributed by atoms with Crippen LogP contribution < -0.4 is 4.74 Å². The number of rotatable bonds is 5. The molecule has 0 fully saturated rings. The Kier molecular flexibility index (Phi) is 4.69. The first-order valence-corrected chi connectivity index (χ1v) is 6.32. The van der Waals surface area contributed by atoms with Crippen molar-refractivity contribution in [3.05, 3.63) is 29.8 Å². The molecule has 0 saturated carbocycles. The van der Waals surface area contributed by atoms with Crippen LogP contribution in [0, 0.1) is 0 Å². The summed E-state index contributed by atoms with van der Waals surface area (Å²) in [4.78, 5) is 11.7. The summed E-state index contributed by atoms with van der Waals surface area (Å²) in [7, 11) is 0. The predicted octanol–water partition coefficient (Wildman–Crippen LogP) is 3.02. The number of carbonyl (C=O) groups is 1. The van der Waals surface area contributed by atoms with Crippen molar-refractivity contribution in [1.29, 1.82) is 0 Å². The number of carbonyl (C=O) groups excluding carboxylic acids is 1. The van der Waals surface area contributed by atoms with Crippen molar-refractivity contribution in [2.24, 2.45) is 0 Å². The minimum atomic E-state index is 0.0910. The third-order valence-corrected chi connectivity index (χ3v) is 2.38. The number of ketones is 1. The summed E-state index contributed by atoms with van der Waals surface area (Å²) >= 11 is 1.53. The third-order valence-electron chi connectivity index (χ3n) is 1.83. The first-order chi connectivity index (χ1) is 7.15. The fourth-order valence-electron chi connectivity index (χ4n) is 1.26. The molecule has 0 aromatic heterocycles. The van der Waals surface area contributed by atoms with Gasteiger partial charge in [-0.3, -0.25) is 4.79 Å². The number of benzene rings is 1. The van der Waals surface area contributed by atoms with E-state index in [0.29, 0.717) is 17.1 Å². The maximum Gasteiger partial charge on any atom is 0.176 e. The Labute approximate surface area is 95.0 Å². The maximum atomic E-state index is 11.7. The second-order valence-corrected chi connectivity index (χ2v) is 4.38. The lowest BCUT2D eigenvalue weighted by atomic mass is 10.1. The molecule has 0 heterocycles. The zero-order valence-electron chi connectivity index (χ0n) is 9.32. The van der Waals surface area contributed by atoms with Crippen molar-refractivity contribution in [2.75, 3.05) is 12.0 Å². The fourth-order valence-corrected chi connectivity index (χ4v) is 1.68. The number of hydrogen-bond acceptors (Lipinski definition) is 3. The summed E-state index contributed by atoms with van der Waals surface area (Å²) in [6.07, 6.45) is 2.01. The Morgan fingerprint density at radius 2 is 2.07 bits per heavy atom. The molecule has 0 N–H and O–H groups in total. The van der Waals surface area contributed by atoms with E-state index >= 15 is 0 Å². The normalized spacial score (nSPS) is 10.4. The van der Waals surface area contributed by atoms with Crippen LogP contribution in [0.3, 0.4) is 0 Å². The largest absolute Gasteiger partial charge is 0.490 e. The van der Waals surface area contributed by atoms with Gasteiger partial charge in [-0.05, 0) is 32.2 Å². The summed E-state index contributed by atoms with van der Waals surface area (Å²) in [6.45, 7) is 3.91. The van der Waals surface area contributed by atoms with E-state index in [1.54, 1.807) is 0 Å². The monoisotopic (exact) mass is 224 g/mol. The molecule has 0 radical (unpaired) electrons. The lowest BCUT2D eigenvalue weighted by Gasteiger charge is -2.12. The van der Waals surface area contributed by atoms with Gasteiger partial charge >= 0.3 is 0 Å². The van der Waals surface area contributed by atoms with Crippen LogP contribution in [0.5, 0.6) is 5.75 Å². The van der Waals surface area contributed by atoms with E-state index in [-0.39, 0.29) is 11.9 Å². The van der Waals surface area contributed by atoms with E-state index in [2.05, 4.69) is 0 Å². The quantitative estimate of drug-likeness (QED) is 0.719. The van der Waals surface area contributed by atoms with E-state index in [9.17, 15) is 4.79 Å². The van der Waals surface area contributed by atoms with Gasteiger partial charge in [0.1, 0.15) is 5.75 Å². The molecule has 82 valence electrons. The smallest absolute Gasteiger partial charge is 0.176 e. The van der Waals surface area contributed by atoms with Gasteiger partial charge in [-0.2, -0.15) is 11.8 Å². The molecule has 0 bridgehead atoms. The Balaban J connectivity index is 2.90. The van der Waals surface area contributed by atoms with Gasteiger partial charge < -0.3 is 4.74 Å². The van der Waals surface area contributed by atoms with Gasteiger partial charge in [0.05, 0.1) is 17.4 Å². The van der Waals surface area contributed by atoms with Gasteiger partial charge in [0.25, 0.3) is 0 Å². The Morgan fingerprint density at radius 3 is 2.67 bits per heavy atom. The molecule has 15 heavy (non-hydrogen) atoms. The molecule has 0 saturated heterocycles. The first kappa shape index (κ1) is 12.1. The van der Waals surface area contributed by atoms with Gasteiger partial charge in [0.15, 0.2) is 5.78 Å². The summed E-state index contributed by atoms with van der Waals surface area (Å²) < 4.78 is 5.58. The minimum Gasteiger partial charge on any atom is -0.490 e.